The van der Waals surface area contributed by atoms with Crippen molar-refractivity contribution in [2.24, 2.45) is 11.3 Å². The molecule has 6 nitrogen and oxygen atoms in total. The fraction of sp³-hybridized carbons (Fsp3) is 0.786. The summed E-state index contributed by atoms with van der Waals surface area (Å²) >= 11 is 1.47. The highest BCUT2D eigenvalue weighted by Crippen LogP contribution is 2.34. The van der Waals surface area contributed by atoms with E-state index in [9.17, 15) is 19.5 Å². The third kappa shape index (κ3) is 4.36. The van der Waals surface area contributed by atoms with Crippen molar-refractivity contribution in [2.45, 2.75) is 46.0 Å². The molecule has 1 aliphatic rings. The summed E-state index contributed by atoms with van der Waals surface area (Å²) in [5.74, 6) is -1.03. The van der Waals surface area contributed by atoms with E-state index < -0.39 is 17.4 Å². The van der Waals surface area contributed by atoms with Gasteiger partial charge in [-0.05, 0) is 5.92 Å². The predicted octanol–water partition coefficient (Wildman–Crippen LogP) is 1.16. The molecule has 0 aromatic rings. The molecule has 2 amide bonds. The smallest absolute Gasteiger partial charge is 0.327 e. The molecule has 0 aromatic heterocycles. The Morgan fingerprint density at radius 1 is 1.33 bits per heavy atom. The summed E-state index contributed by atoms with van der Waals surface area (Å²) in [6, 6.07) is -0.818. The van der Waals surface area contributed by atoms with Gasteiger partial charge in [-0.1, -0.05) is 34.6 Å². The number of aliphatic carboxylic acids is 1. The number of carbonyl (C=O) groups is 3. The predicted molar refractivity (Wildman–Crippen MR) is 81.8 cm³/mol. The molecule has 0 aromatic carbocycles. The minimum absolute atomic E-state index is 0.154. The average Bonchev–Trinajstić information content (AvgIpc) is 2.79. The van der Waals surface area contributed by atoms with Gasteiger partial charge in [0, 0.05) is 11.2 Å². The number of nitrogens with one attached hydrogen (secondary N) is 1. The zero-order valence-corrected chi connectivity index (χ0v) is 14.0. The second-order valence-electron chi connectivity index (χ2n) is 6.56. The van der Waals surface area contributed by atoms with Gasteiger partial charge in [0.25, 0.3) is 0 Å². The number of hydrogen-bond donors (Lipinski definition) is 2. The molecule has 0 saturated carbocycles. The van der Waals surface area contributed by atoms with E-state index in [1.807, 2.05) is 13.8 Å². The van der Waals surface area contributed by atoms with E-state index in [2.05, 4.69) is 5.32 Å². The fourth-order valence-electron chi connectivity index (χ4n) is 2.06. The van der Waals surface area contributed by atoms with Crippen LogP contribution in [0, 0.1) is 11.3 Å². The van der Waals surface area contributed by atoms with Crippen LogP contribution in [0.1, 0.15) is 34.6 Å². The lowest BCUT2D eigenvalue weighted by molar-refractivity contribution is -0.149. The summed E-state index contributed by atoms with van der Waals surface area (Å²) in [7, 11) is 0. The van der Waals surface area contributed by atoms with E-state index in [0.29, 0.717) is 5.75 Å². The monoisotopic (exact) mass is 316 g/mol. The van der Waals surface area contributed by atoms with Gasteiger partial charge in [0.1, 0.15) is 6.04 Å². The lowest BCUT2D eigenvalue weighted by Gasteiger charge is -2.30. The van der Waals surface area contributed by atoms with Crippen LogP contribution in [-0.2, 0) is 14.4 Å². The number of carbonyl (C=O) groups excluding carboxylic acids is 2. The first-order valence-corrected chi connectivity index (χ1v) is 8.04. The van der Waals surface area contributed by atoms with Crippen LogP contribution in [0.2, 0.25) is 0 Å². The van der Waals surface area contributed by atoms with Gasteiger partial charge in [0.15, 0.2) is 0 Å². The second kappa shape index (κ2) is 6.68. The first-order valence-electron chi connectivity index (χ1n) is 6.99. The highest BCUT2D eigenvalue weighted by molar-refractivity contribution is 8.00. The van der Waals surface area contributed by atoms with Gasteiger partial charge in [0.2, 0.25) is 11.8 Å². The quantitative estimate of drug-likeness (QED) is 0.813. The number of amides is 2. The maximum absolute atomic E-state index is 12.3. The van der Waals surface area contributed by atoms with Gasteiger partial charge in [0.05, 0.1) is 11.9 Å². The number of hydrogen-bond acceptors (Lipinski definition) is 4. The first-order chi connectivity index (χ1) is 9.55. The van der Waals surface area contributed by atoms with Crippen LogP contribution in [0.4, 0.5) is 0 Å². The summed E-state index contributed by atoms with van der Waals surface area (Å²) in [5, 5.41) is 11.7. The highest BCUT2D eigenvalue weighted by Gasteiger charge is 2.42. The maximum Gasteiger partial charge on any atom is 0.327 e. The first kappa shape index (κ1) is 17.8. The van der Waals surface area contributed by atoms with Gasteiger partial charge in [-0.3, -0.25) is 9.59 Å². The van der Waals surface area contributed by atoms with Crippen LogP contribution >= 0.6 is 11.8 Å². The van der Waals surface area contributed by atoms with E-state index in [0.717, 1.165) is 0 Å². The molecule has 21 heavy (non-hydrogen) atoms. The Morgan fingerprint density at radius 3 is 2.33 bits per heavy atom. The van der Waals surface area contributed by atoms with Crippen LogP contribution in [0.5, 0.6) is 0 Å². The Hall–Kier alpha value is -1.24. The van der Waals surface area contributed by atoms with Gasteiger partial charge in [-0.25, -0.2) is 4.79 Å². The molecule has 7 heteroatoms. The number of thioether (sulfide) groups is 1. The standard InChI is InChI=1S/C14H24N2O4S/c1-8(2)11-16(9(7-21-11)12(18)19)10(17)6-15-13(20)14(3,4)5/h8-9,11H,6-7H2,1-5H3,(H,15,20)(H,18,19). The van der Waals surface area contributed by atoms with Crippen molar-refractivity contribution in [2.75, 3.05) is 12.3 Å². The summed E-state index contributed by atoms with van der Waals surface area (Å²) < 4.78 is 0. The zero-order valence-electron chi connectivity index (χ0n) is 13.2. The molecule has 2 atom stereocenters. The summed E-state index contributed by atoms with van der Waals surface area (Å²) in [4.78, 5) is 36.8. The van der Waals surface area contributed by atoms with Crippen LogP contribution in [-0.4, -0.2) is 51.5 Å². The molecule has 0 bridgehead atoms. The molecule has 1 saturated heterocycles. The van der Waals surface area contributed by atoms with Gasteiger partial charge >= 0.3 is 5.97 Å². The third-order valence-electron chi connectivity index (χ3n) is 3.26. The largest absolute Gasteiger partial charge is 0.480 e. The van der Waals surface area contributed by atoms with E-state index in [4.69, 9.17) is 0 Å². The molecule has 0 radical (unpaired) electrons. The Morgan fingerprint density at radius 2 is 1.90 bits per heavy atom. The van der Waals surface area contributed by atoms with Crippen molar-refractivity contribution in [3.05, 3.63) is 0 Å². The molecule has 1 rings (SSSR count). The Balaban J connectivity index is 2.76. The van der Waals surface area contributed by atoms with E-state index >= 15 is 0 Å². The molecule has 0 spiro atoms. The topological polar surface area (TPSA) is 86.7 Å². The maximum atomic E-state index is 12.3. The number of carboxylic acids is 1. The normalized spacial score (nSPS) is 22.5. The Bertz CT molecular complexity index is 431. The summed E-state index contributed by atoms with van der Waals surface area (Å²) in [6.07, 6.45) is 0. The molecule has 1 heterocycles. The average molecular weight is 316 g/mol. The molecular weight excluding hydrogens is 292 g/mol. The minimum Gasteiger partial charge on any atom is -0.480 e. The highest BCUT2D eigenvalue weighted by atomic mass is 32.2. The van der Waals surface area contributed by atoms with Crippen LogP contribution in [0.3, 0.4) is 0 Å². The molecule has 2 unspecified atom stereocenters. The molecule has 1 aliphatic heterocycles. The third-order valence-corrected chi connectivity index (χ3v) is 4.88. The number of rotatable bonds is 4. The van der Waals surface area contributed by atoms with E-state index in [-0.39, 0.29) is 29.7 Å². The van der Waals surface area contributed by atoms with Crippen molar-refractivity contribution < 1.29 is 19.5 Å². The molecule has 2 N–H and O–H groups in total. The zero-order chi connectivity index (χ0) is 16.4. The minimum atomic E-state index is -0.999. The van der Waals surface area contributed by atoms with Crippen LogP contribution in [0.25, 0.3) is 0 Å². The SMILES string of the molecule is CC(C)C1SCC(C(=O)O)N1C(=O)CNC(=O)C(C)(C)C. The van der Waals surface area contributed by atoms with Crippen molar-refractivity contribution in [1.82, 2.24) is 10.2 Å². The lowest BCUT2D eigenvalue weighted by atomic mass is 9.96. The van der Waals surface area contributed by atoms with Crippen LogP contribution < -0.4 is 5.32 Å². The number of nitrogens with zero attached hydrogens (tertiary/aromatic N) is 1. The van der Waals surface area contributed by atoms with Crippen molar-refractivity contribution in [3.63, 3.8) is 0 Å². The van der Waals surface area contributed by atoms with Crippen molar-refractivity contribution in [1.29, 1.82) is 0 Å². The second-order valence-corrected chi connectivity index (χ2v) is 7.71. The molecule has 120 valence electrons. The van der Waals surface area contributed by atoms with Crippen molar-refractivity contribution in [3.8, 4) is 0 Å². The lowest BCUT2D eigenvalue weighted by Crippen LogP contribution is -2.51. The molecule has 0 aliphatic carbocycles. The molecular formula is C14H24N2O4S. The van der Waals surface area contributed by atoms with Gasteiger partial charge in [-0.2, -0.15) is 0 Å². The summed E-state index contributed by atoms with van der Waals surface area (Å²) in [6.45, 7) is 9.02. The van der Waals surface area contributed by atoms with Gasteiger partial charge < -0.3 is 15.3 Å². The van der Waals surface area contributed by atoms with Crippen LogP contribution in [0.15, 0.2) is 0 Å². The molecule has 1 fully saturated rings. The Labute approximate surface area is 129 Å². The van der Waals surface area contributed by atoms with E-state index in [1.165, 1.54) is 16.7 Å². The summed E-state index contributed by atoms with van der Waals surface area (Å²) in [5.41, 5.74) is -0.580. The number of carboxylic acid groups (broad SMARTS) is 1. The van der Waals surface area contributed by atoms with E-state index in [1.54, 1.807) is 20.8 Å². The van der Waals surface area contributed by atoms with Crippen molar-refractivity contribution >= 4 is 29.5 Å². The Kier molecular flexibility index (Phi) is 5.67. The van der Waals surface area contributed by atoms with Gasteiger partial charge in [-0.15, -0.1) is 11.8 Å². The fourth-order valence-corrected chi connectivity index (χ4v) is 3.55.